The first-order chi connectivity index (χ1) is 8.16. The molecule has 0 amide bonds. The van der Waals surface area contributed by atoms with Crippen molar-refractivity contribution >= 4 is 29.3 Å². The first kappa shape index (κ1) is 11.9. The molecule has 1 aromatic carbocycles. The predicted molar refractivity (Wildman–Crippen MR) is 64.6 cm³/mol. The molecule has 0 radical (unpaired) electrons. The van der Waals surface area contributed by atoms with Gasteiger partial charge in [-0.2, -0.15) is 5.10 Å². The fourth-order valence-corrected chi connectivity index (χ4v) is 2.18. The van der Waals surface area contributed by atoms with Crippen molar-refractivity contribution in [2.45, 2.75) is 9.92 Å². The zero-order chi connectivity index (χ0) is 12.3. The van der Waals surface area contributed by atoms with Gasteiger partial charge in [-0.05, 0) is 30.3 Å². The Morgan fingerprint density at radius 3 is 2.82 bits per heavy atom. The molecule has 86 valence electrons. The number of aromatic carboxylic acids is 1. The Kier molecular flexibility index (Phi) is 3.61. The molecule has 1 N–H and O–H groups in total. The van der Waals surface area contributed by atoms with Crippen molar-refractivity contribution in [3.05, 3.63) is 47.1 Å². The Hall–Kier alpha value is -1.59. The summed E-state index contributed by atoms with van der Waals surface area (Å²) in [7, 11) is 0. The average molecular weight is 267 g/mol. The molecule has 0 saturated carbocycles. The Bertz CT molecular complexity index is 548. The minimum atomic E-state index is -1.04. The van der Waals surface area contributed by atoms with Crippen LogP contribution in [0, 0.1) is 0 Å². The van der Waals surface area contributed by atoms with Crippen LogP contribution in [0.4, 0.5) is 0 Å². The van der Waals surface area contributed by atoms with Crippen LogP contribution in [-0.4, -0.2) is 21.3 Å². The Labute approximate surface area is 107 Å². The van der Waals surface area contributed by atoms with E-state index in [0.29, 0.717) is 5.03 Å². The zero-order valence-electron chi connectivity index (χ0n) is 8.50. The molecule has 0 aliphatic heterocycles. The van der Waals surface area contributed by atoms with E-state index in [1.807, 2.05) is 0 Å². The van der Waals surface area contributed by atoms with Crippen molar-refractivity contribution in [2.24, 2.45) is 0 Å². The van der Waals surface area contributed by atoms with Gasteiger partial charge in [-0.3, -0.25) is 0 Å². The molecule has 6 heteroatoms. The van der Waals surface area contributed by atoms with E-state index in [1.54, 1.807) is 30.5 Å². The summed E-state index contributed by atoms with van der Waals surface area (Å²) in [6.45, 7) is 0. The highest BCUT2D eigenvalue weighted by Gasteiger charge is 2.10. The van der Waals surface area contributed by atoms with Crippen LogP contribution in [0.5, 0.6) is 0 Å². The largest absolute Gasteiger partial charge is 0.478 e. The van der Waals surface area contributed by atoms with Crippen molar-refractivity contribution in [2.75, 3.05) is 0 Å². The zero-order valence-corrected chi connectivity index (χ0v) is 10.1. The van der Waals surface area contributed by atoms with E-state index in [0.717, 1.165) is 4.90 Å². The summed E-state index contributed by atoms with van der Waals surface area (Å²) in [5.74, 6) is -1.04. The van der Waals surface area contributed by atoms with Gasteiger partial charge >= 0.3 is 5.97 Å². The van der Waals surface area contributed by atoms with E-state index in [4.69, 9.17) is 16.7 Å². The average Bonchev–Trinajstić information content (AvgIpc) is 2.32. The summed E-state index contributed by atoms with van der Waals surface area (Å²) >= 11 is 7.11. The maximum Gasteiger partial charge on any atom is 0.337 e. The Morgan fingerprint density at radius 1 is 1.35 bits per heavy atom. The number of carboxylic acids is 1. The summed E-state index contributed by atoms with van der Waals surface area (Å²) < 4.78 is 0. The molecule has 2 aromatic rings. The lowest BCUT2D eigenvalue weighted by atomic mass is 10.2. The third-order valence-corrected chi connectivity index (χ3v) is 3.18. The number of hydrogen-bond donors (Lipinski definition) is 1. The second-order valence-corrected chi connectivity index (χ2v) is 4.61. The van der Waals surface area contributed by atoms with Crippen molar-refractivity contribution in [1.29, 1.82) is 0 Å². The summed E-state index contributed by atoms with van der Waals surface area (Å²) in [5, 5.41) is 17.5. The maximum absolute atomic E-state index is 10.9. The molecule has 0 fully saturated rings. The monoisotopic (exact) mass is 266 g/mol. The molecular weight excluding hydrogens is 260 g/mol. The van der Waals surface area contributed by atoms with E-state index in [9.17, 15) is 4.79 Å². The van der Waals surface area contributed by atoms with Crippen LogP contribution in [0.1, 0.15) is 10.4 Å². The summed E-state index contributed by atoms with van der Waals surface area (Å²) in [6.07, 6.45) is 1.58. The number of benzene rings is 1. The Balaban J connectivity index is 2.29. The van der Waals surface area contributed by atoms with Gasteiger partial charge in [0.1, 0.15) is 5.03 Å². The van der Waals surface area contributed by atoms with Crippen LogP contribution in [0.2, 0.25) is 5.02 Å². The minimum absolute atomic E-state index is 0.0838. The number of aromatic nitrogens is 2. The molecule has 4 nitrogen and oxygen atoms in total. The van der Waals surface area contributed by atoms with Gasteiger partial charge in [0, 0.05) is 11.1 Å². The van der Waals surface area contributed by atoms with Gasteiger partial charge in [0.05, 0.1) is 10.6 Å². The second kappa shape index (κ2) is 5.16. The van der Waals surface area contributed by atoms with E-state index in [1.165, 1.54) is 17.8 Å². The van der Waals surface area contributed by atoms with E-state index >= 15 is 0 Å². The maximum atomic E-state index is 10.9. The van der Waals surface area contributed by atoms with Crippen LogP contribution in [-0.2, 0) is 0 Å². The number of carboxylic acid groups (broad SMARTS) is 1. The van der Waals surface area contributed by atoms with Crippen molar-refractivity contribution in [1.82, 2.24) is 10.2 Å². The van der Waals surface area contributed by atoms with Gasteiger partial charge in [0.15, 0.2) is 0 Å². The van der Waals surface area contributed by atoms with Gasteiger partial charge < -0.3 is 5.11 Å². The van der Waals surface area contributed by atoms with E-state index < -0.39 is 5.97 Å². The number of carbonyl (C=O) groups is 1. The predicted octanol–water partition coefficient (Wildman–Crippen LogP) is 2.98. The third-order valence-electron chi connectivity index (χ3n) is 1.94. The highest BCUT2D eigenvalue weighted by Crippen LogP contribution is 2.28. The molecule has 1 aromatic heterocycles. The van der Waals surface area contributed by atoms with Crippen molar-refractivity contribution in [3.8, 4) is 0 Å². The SMILES string of the molecule is O=C(O)c1cc(Sc2cccnn2)ccc1Cl. The molecular formula is C11H7ClN2O2S. The van der Waals surface area contributed by atoms with Crippen molar-refractivity contribution in [3.63, 3.8) is 0 Å². The molecule has 0 atom stereocenters. The van der Waals surface area contributed by atoms with Crippen LogP contribution in [0.25, 0.3) is 0 Å². The fraction of sp³-hybridized carbons (Fsp3) is 0. The second-order valence-electron chi connectivity index (χ2n) is 3.11. The number of nitrogens with zero attached hydrogens (tertiary/aromatic N) is 2. The first-order valence-electron chi connectivity index (χ1n) is 4.65. The van der Waals surface area contributed by atoms with Crippen LogP contribution >= 0.6 is 23.4 Å². The van der Waals surface area contributed by atoms with Gasteiger partial charge in [-0.1, -0.05) is 23.4 Å². The van der Waals surface area contributed by atoms with Gasteiger partial charge in [-0.25, -0.2) is 4.79 Å². The van der Waals surface area contributed by atoms with Crippen LogP contribution in [0.15, 0.2) is 46.5 Å². The lowest BCUT2D eigenvalue weighted by molar-refractivity contribution is 0.0697. The van der Waals surface area contributed by atoms with Crippen LogP contribution < -0.4 is 0 Å². The first-order valence-corrected chi connectivity index (χ1v) is 5.84. The van der Waals surface area contributed by atoms with E-state index in [-0.39, 0.29) is 10.6 Å². The Morgan fingerprint density at radius 2 is 2.18 bits per heavy atom. The molecule has 2 rings (SSSR count). The quantitative estimate of drug-likeness (QED) is 0.925. The standard InChI is InChI=1S/C11H7ClN2O2S/c12-9-4-3-7(6-8(9)11(15)16)17-10-2-1-5-13-14-10/h1-6H,(H,15,16). The van der Waals surface area contributed by atoms with Gasteiger partial charge in [-0.15, -0.1) is 5.10 Å². The van der Waals surface area contributed by atoms with Crippen LogP contribution in [0.3, 0.4) is 0 Å². The number of hydrogen-bond acceptors (Lipinski definition) is 4. The molecule has 0 saturated heterocycles. The summed E-state index contributed by atoms with van der Waals surface area (Å²) in [4.78, 5) is 11.7. The molecule has 0 aliphatic rings. The molecule has 0 aliphatic carbocycles. The summed E-state index contributed by atoms with van der Waals surface area (Å²) in [5.41, 5.74) is 0.0838. The molecule has 0 unspecified atom stereocenters. The van der Waals surface area contributed by atoms with E-state index in [2.05, 4.69) is 10.2 Å². The highest BCUT2D eigenvalue weighted by molar-refractivity contribution is 7.99. The molecule has 17 heavy (non-hydrogen) atoms. The lowest BCUT2D eigenvalue weighted by Crippen LogP contribution is -1.97. The molecule has 0 spiro atoms. The number of halogens is 1. The normalized spacial score (nSPS) is 10.2. The summed E-state index contributed by atoms with van der Waals surface area (Å²) in [6, 6.07) is 8.39. The fourth-order valence-electron chi connectivity index (χ4n) is 1.19. The van der Waals surface area contributed by atoms with Gasteiger partial charge in [0.25, 0.3) is 0 Å². The van der Waals surface area contributed by atoms with Gasteiger partial charge in [0.2, 0.25) is 0 Å². The molecule has 0 bridgehead atoms. The highest BCUT2D eigenvalue weighted by atomic mass is 35.5. The third kappa shape index (κ3) is 2.95. The molecule has 1 heterocycles. The minimum Gasteiger partial charge on any atom is -0.478 e. The number of rotatable bonds is 3. The lowest BCUT2D eigenvalue weighted by Gasteiger charge is -2.03. The smallest absolute Gasteiger partial charge is 0.337 e. The van der Waals surface area contributed by atoms with Crippen molar-refractivity contribution < 1.29 is 9.90 Å². The topological polar surface area (TPSA) is 63.1 Å².